The van der Waals surface area contributed by atoms with Crippen molar-refractivity contribution in [2.75, 3.05) is 43.4 Å². The van der Waals surface area contributed by atoms with Gasteiger partial charge in [-0.2, -0.15) is 4.98 Å². The molecule has 1 aliphatic rings. The van der Waals surface area contributed by atoms with Crippen molar-refractivity contribution in [3.63, 3.8) is 0 Å². The molecule has 0 atom stereocenters. The second kappa shape index (κ2) is 4.65. The van der Waals surface area contributed by atoms with E-state index in [0.29, 0.717) is 5.82 Å². The molecular weight excluding hydrogens is 202 g/mol. The fourth-order valence-corrected chi connectivity index (χ4v) is 1.98. The van der Waals surface area contributed by atoms with E-state index < -0.39 is 0 Å². The van der Waals surface area contributed by atoms with Crippen LogP contribution in [0.1, 0.15) is 12.6 Å². The molecule has 0 spiro atoms. The highest BCUT2D eigenvalue weighted by molar-refractivity contribution is 5.40. The number of rotatable bonds is 2. The average molecular weight is 221 g/mol. The number of hydrogen-bond donors (Lipinski definition) is 1. The number of nitrogens with two attached hydrogens (primary N) is 1. The molecule has 1 fully saturated rings. The number of piperazine rings is 1. The molecule has 1 aromatic heterocycles. The van der Waals surface area contributed by atoms with Crippen molar-refractivity contribution in [3.05, 3.63) is 11.8 Å². The lowest BCUT2D eigenvalue weighted by molar-refractivity contribution is 0.270. The smallest absolute Gasteiger partial charge is 0.227 e. The Morgan fingerprint density at radius 2 is 1.94 bits per heavy atom. The van der Waals surface area contributed by atoms with Crippen LogP contribution in [0.25, 0.3) is 0 Å². The number of aryl methyl sites for hydroxylation is 1. The maximum Gasteiger partial charge on any atom is 0.227 e. The summed E-state index contributed by atoms with van der Waals surface area (Å²) in [6.07, 6.45) is 0. The number of likely N-dealkylation sites (N-methyl/N-ethyl adjacent to an activating group) is 1. The van der Waals surface area contributed by atoms with E-state index >= 15 is 0 Å². The standard InChI is InChI=1S/C11H19N5/c1-3-15-4-6-16(7-5-15)11-13-9(2)8-10(12)14-11/h8H,3-7H2,1-2H3,(H2,12,13,14). The maximum absolute atomic E-state index is 5.73. The summed E-state index contributed by atoms with van der Waals surface area (Å²) in [5.74, 6) is 1.33. The van der Waals surface area contributed by atoms with Crippen LogP contribution in [0.15, 0.2) is 6.07 Å². The van der Waals surface area contributed by atoms with Crippen LogP contribution in [0.5, 0.6) is 0 Å². The second-order valence-electron chi connectivity index (χ2n) is 4.16. The first kappa shape index (κ1) is 11.1. The minimum absolute atomic E-state index is 0.556. The van der Waals surface area contributed by atoms with Gasteiger partial charge in [0.2, 0.25) is 5.95 Å². The van der Waals surface area contributed by atoms with Crippen molar-refractivity contribution in [1.82, 2.24) is 14.9 Å². The van der Waals surface area contributed by atoms with Crippen LogP contribution in [0.2, 0.25) is 0 Å². The van der Waals surface area contributed by atoms with Crippen LogP contribution in [0, 0.1) is 6.92 Å². The summed E-state index contributed by atoms with van der Waals surface area (Å²) < 4.78 is 0. The van der Waals surface area contributed by atoms with Crippen molar-refractivity contribution >= 4 is 11.8 Å². The van der Waals surface area contributed by atoms with Crippen LogP contribution in [0.3, 0.4) is 0 Å². The van der Waals surface area contributed by atoms with E-state index in [1.54, 1.807) is 6.07 Å². The second-order valence-corrected chi connectivity index (χ2v) is 4.16. The molecule has 1 aliphatic heterocycles. The van der Waals surface area contributed by atoms with Gasteiger partial charge in [-0.3, -0.25) is 0 Å². The third-order valence-corrected chi connectivity index (χ3v) is 2.96. The first-order valence-corrected chi connectivity index (χ1v) is 5.77. The van der Waals surface area contributed by atoms with Gasteiger partial charge in [-0.15, -0.1) is 0 Å². The highest BCUT2D eigenvalue weighted by atomic mass is 15.3. The minimum Gasteiger partial charge on any atom is -0.384 e. The van der Waals surface area contributed by atoms with Crippen molar-refractivity contribution in [3.8, 4) is 0 Å². The molecule has 5 nitrogen and oxygen atoms in total. The van der Waals surface area contributed by atoms with Crippen molar-refractivity contribution < 1.29 is 0 Å². The Labute approximate surface area is 96.3 Å². The van der Waals surface area contributed by atoms with Gasteiger partial charge in [-0.25, -0.2) is 4.98 Å². The van der Waals surface area contributed by atoms with E-state index in [0.717, 1.165) is 44.4 Å². The Morgan fingerprint density at radius 1 is 1.25 bits per heavy atom. The predicted octanol–water partition coefficient (Wildman–Crippen LogP) is 0.509. The molecule has 2 rings (SSSR count). The van der Waals surface area contributed by atoms with Gasteiger partial charge in [0.25, 0.3) is 0 Å². The molecule has 0 amide bonds. The van der Waals surface area contributed by atoms with Gasteiger partial charge in [0.05, 0.1) is 0 Å². The summed E-state index contributed by atoms with van der Waals surface area (Å²) in [5, 5.41) is 0. The van der Waals surface area contributed by atoms with Gasteiger partial charge in [0.1, 0.15) is 5.82 Å². The highest BCUT2D eigenvalue weighted by Gasteiger charge is 2.17. The van der Waals surface area contributed by atoms with Gasteiger partial charge in [-0.05, 0) is 13.5 Å². The van der Waals surface area contributed by atoms with E-state index in [1.165, 1.54) is 0 Å². The average Bonchev–Trinajstić information content (AvgIpc) is 2.28. The summed E-state index contributed by atoms with van der Waals surface area (Å²) in [6, 6.07) is 1.80. The Hall–Kier alpha value is -1.36. The van der Waals surface area contributed by atoms with Gasteiger partial charge < -0.3 is 15.5 Å². The molecule has 0 radical (unpaired) electrons. The zero-order valence-electron chi connectivity index (χ0n) is 9.98. The summed E-state index contributed by atoms with van der Waals surface area (Å²) in [4.78, 5) is 13.3. The molecule has 0 aliphatic carbocycles. The monoisotopic (exact) mass is 221 g/mol. The number of anilines is 2. The molecule has 16 heavy (non-hydrogen) atoms. The zero-order valence-corrected chi connectivity index (χ0v) is 9.98. The van der Waals surface area contributed by atoms with Crippen LogP contribution >= 0.6 is 0 Å². The molecule has 88 valence electrons. The number of nitrogens with zero attached hydrogens (tertiary/aromatic N) is 4. The maximum atomic E-state index is 5.73. The lowest BCUT2D eigenvalue weighted by atomic mass is 10.3. The quantitative estimate of drug-likeness (QED) is 0.788. The van der Waals surface area contributed by atoms with E-state index in [2.05, 4.69) is 26.7 Å². The van der Waals surface area contributed by atoms with Gasteiger partial charge in [-0.1, -0.05) is 6.92 Å². The lowest BCUT2D eigenvalue weighted by Gasteiger charge is -2.34. The molecule has 1 aromatic rings. The Balaban J connectivity index is 2.08. The fraction of sp³-hybridized carbons (Fsp3) is 0.636. The minimum atomic E-state index is 0.556. The van der Waals surface area contributed by atoms with Crippen molar-refractivity contribution in [2.24, 2.45) is 0 Å². The van der Waals surface area contributed by atoms with Crippen molar-refractivity contribution in [2.45, 2.75) is 13.8 Å². The fourth-order valence-electron chi connectivity index (χ4n) is 1.98. The van der Waals surface area contributed by atoms with Gasteiger partial charge in [0.15, 0.2) is 0 Å². The first-order chi connectivity index (χ1) is 7.69. The molecule has 0 unspecified atom stereocenters. The Kier molecular flexibility index (Phi) is 3.24. The molecule has 2 heterocycles. The normalized spacial score (nSPS) is 17.8. The molecule has 5 heteroatoms. The number of hydrogen-bond acceptors (Lipinski definition) is 5. The first-order valence-electron chi connectivity index (χ1n) is 5.77. The third-order valence-electron chi connectivity index (χ3n) is 2.96. The SMILES string of the molecule is CCN1CCN(c2nc(C)cc(N)n2)CC1. The van der Waals surface area contributed by atoms with Gasteiger partial charge >= 0.3 is 0 Å². The van der Waals surface area contributed by atoms with E-state index in [1.807, 2.05) is 6.92 Å². The Bertz CT molecular complexity index is 337. The predicted molar refractivity (Wildman–Crippen MR) is 65.5 cm³/mol. The third kappa shape index (κ3) is 2.41. The largest absolute Gasteiger partial charge is 0.384 e. The van der Waals surface area contributed by atoms with Gasteiger partial charge in [0, 0.05) is 37.9 Å². The molecule has 0 bridgehead atoms. The zero-order chi connectivity index (χ0) is 11.5. The van der Waals surface area contributed by atoms with E-state index in [9.17, 15) is 0 Å². The summed E-state index contributed by atoms with van der Waals surface area (Å²) in [7, 11) is 0. The van der Waals surface area contributed by atoms with Crippen LogP contribution in [0.4, 0.5) is 11.8 Å². The Morgan fingerprint density at radius 3 is 2.50 bits per heavy atom. The highest BCUT2D eigenvalue weighted by Crippen LogP contribution is 2.13. The lowest BCUT2D eigenvalue weighted by Crippen LogP contribution is -2.46. The molecular formula is C11H19N5. The molecule has 2 N–H and O–H groups in total. The van der Waals surface area contributed by atoms with Crippen LogP contribution in [-0.2, 0) is 0 Å². The summed E-state index contributed by atoms with van der Waals surface area (Å²) in [5.41, 5.74) is 6.66. The van der Waals surface area contributed by atoms with Crippen molar-refractivity contribution in [1.29, 1.82) is 0 Å². The summed E-state index contributed by atoms with van der Waals surface area (Å²) >= 11 is 0. The molecule has 0 saturated carbocycles. The molecule has 0 aromatic carbocycles. The summed E-state index contributed by atoms with van der Waals surface area (Å²) in [6.45, 7) is 9.38. The topological polar surface area (TPSA) is 58.3 Å². The van der Waals surface area contributed by atoms with E-state index in [4.69, 9.17) is 5.73 Å². The van der Waals surface area contributed by atoms with Crippen LogP contribution in [-0.4, -0.2) is 47.6 Å². The van der Waals surface area contributed by atoms with E-state index in [-0.39, 0.29) is 0 Å². The van der Waals surface area contributed by atoms with Crippen LogP contribution < -0.4 is 10.6 Å². The molecule has 1 saturated heterocycles. The number of aromatic nitrogens is 2. The number of nitrogen functional groups attached to an aromatic ring is 1.